The van der Waals surface area contributed by atoms with Crippen LogP contribution >= 0.6 is 0 Å². The van der Waals surface area contributed by atoms with Gasteiger partial charge in [-0.25, -0.2) is 0 Å². The molecule has 5 heteroatoms. The number of Topliss-reactive ketones (excluding diaryl/α,β-unsaturated/α-hetero) is 1. The van der Waals surface area contributed by atoms with Gasteiger partial charge in [0.25, 0.3) is 0 Å². The molecule has 2 amide bonds. The number of benzene rings is 1. The van der Waals surface area contributed by atoms with E-state index in [0.717, 1.165) is 11.1 Å². The topological polar surface area (TPSA) is 66.5 Å². The van der Waals surface area contributed by atoms with Crippen molar-refractivity contribution in [1.29, 1.82) is 0 Å². The van der Waals surface area contributed by atoms with Crippen LogP contribution in [0.25, 0.3) is 0 Å². The van der Waals surface area contributed by atoms with Gasteiger partial charge in [-0.05, 0) is 58.7 Å². The zero-order valence-electron chi connectivity index (χ0n) is 16.2. The van der Waals surface area contributed by atoms with Gasteiger partial charge < -0.3 is 10.2 Å². The number of nitrogens with zero attached hydrogens (tertiary/aromatic N) is 1. The summed E-state index contributed by atoms with van der Waals surface area (Å²) in [4.78, 5) is 38.1. The highest BCUT2D eigenvalue weighted by Gasteiger charge is 2.20. The molecular formula is C20H30N2O3. The highest BCUT2D eigenvalue weighted by Crippen LogP contribution is 2.13. The second kappa shape index (κ2) is 8.79. The summed E-state index contributed by atoms with van der Waals surface area (Å²) >= 11 is 0. The van der Waals surface area contributed by atoms with E-state index in [9.17, 15) is 14.4 Å². The Kier molecular flexibility index (Phi) is 7.34. The van der Waals surface area contributed by atoms with Gasteiger partial charge in [0.2, 0.25) is 11.8 Å². The monoisotopic (exact) mass is 346 g/mol. The molecule has 0 saturated carbocycles. The summed E-state index contributed by atoms with van der Waals surface area (Å²) in [5.41, 5.74) is 2.49. The number of aryl methyl sites for hydroxylation is 2. The van der Waals surface area contributed by atoms with Gasteiger partial charge in [0, 0.05) is 30.5 Å². The average molecular weight is 346 g/mol. The van der Waals surface area contributed by atoms with Crippen molar-refractivity contribution in [3.8, 4) is 0 Å². The Morgan fingerprint density at radius 3 is 2.20 bits per heavy atom. The number of carbonyl (C=O) groups is 3. The van der Waals surface area contributed by atoms with Crippen molar-refractivity contribution >= 4 is 17.6 Å². The quantitative estimate of drug-likeness (QED) is 0.772. The molecule has 25 heavy (non-hydrogen) atoms. The molecule has 0 atom stereocenters. The maximum absolute atomic E-state index is 12.3. The largest absolute Gasteiger partial charge is 0.350 e. The first kappa shape index (κ1) is 20.9. The Labute approximate surface area is 150 Å². The lowest BCUT2D eigenvalue weighted by Crippen LogP contribution is -2.47. The number of hydrogen-bond acceptors (Lipinski definition) is 3. The molecule has 0 fully saturated rings. The molecule has 1 aromatic rings. The zero-order valence-corrected chi connectivity index (χ0v) is 16.2. The van der Waals surface area contributed by atoms with Gasteiger partial charge >= 0.3 is 0 Å². The van der Waals surface area contributed by atoms with Crippen LogP contribution in [0.1, 0.15) is 62.0 Å². The minimum absolute atomic E-state index is 0.0183. The molecule has 0 spiro atoms. The maximum atomic E-state index is 12.3. The lowest BCUT2D eigenvalue weighted by molar-refractivity contribution is -0.136. The molecule has 0 unspecified atom stereocenters. The van der Waals surface area contributed by atoms with E-state index in [1.54, 1.807) is 6.07 Å². The molecule has 0 heterocycles. The van der Waals surface area contributed by atoms with Crippen LogP contribution in [0.2, 0.25) is 0 Å². The number of ketones is 1. The fourth-order valence-electron chi connectivity index (χ4n) is 2.45. The van der Waals surface area contributed by atoms with Crippen molar-refractivity contribution in [2.45, 2.75) is 59.9 Å². The first-order valence-electron chi connectivity index (χ1n) is 8.72. The highest BCUT2D eigenvalue weighted by atomic mass is 16.2. The van der Waals surface area contributed by atoms with E-state index < -0.39 is 0 Å². The van der Waals surface area contributed by atoms with Crippen molar-refractivity contribution in [2.24, 2.45) is 0 Å². The molecular weight excluding hydrogens is 316 g/mol. The lowest BCUT2D eigenvalue weighted by atomic mass is 10.0. The molecule has 1 aromatic carbocycles. The first-order chi connectivity index (χ1) is 11.5. The van der Waals surface area contributed by atoms with Gasteiger partial charge in [0.05, 0.1) is 6.54 Å². The molecule has 138 valence electrons. The molecule has 0 aliphatic rings. The standard InChI is InChI=1S/C20H30N2O3/c1-7-22(13-18(24)21-20(4,5)6)19(25)11-10-17(23)16-9-8-14(2)15(3)12-16/h8-9,12H,7,10-11,13H2,1-6H3,(H,21,24). The fraction of sp³-hybridized carbons (Fsp3) is 0.550. The molecule has 0 aromatic heterocycles. The van der Waals surface area contributed by atoms with Crippen molar-refractivity contribution in [3.05, 3.63) is 34.9 Å². The van der Waals surface area contributed by atoms with E-state index in [0.29, 0.717) is 12.1 Å². The van der Waals surface area contributed by atoms with E-state index in [1.165, 1.54) is 4.90 Å². The first-order valence-corrected chi connectivity index (χ1v) is 8.72. The van der Waals surface area contributed by atoms with Gasteiger partial charge in [-0.1, -0.05) is 12.1 Å². The molecule has 1 rings (SSSR count). The molecule has 0 saturated heterocycles. The SMILES string of the molecule is CCN(CC(=O)NC(C)(C)C)C(=O)CCC(=O)c1ccc(C)c(C)c1. The van der Waals surface area contributed by atoms with Crippen LogP contribution in [0, 0.1) is 13.8 Å². The van der Waals surface area contributed by atoms with Gasteiger partial charge in [0.1, 0.15) is 0 Å². The van der Waals surface area contributed by atoms with E-state index in [2.05, 4.69) is 5.32 Å². The number of hydrogen-bond donors (Lipinski definition) is 1. The number of amides is 2. The maximum Gasteiger partial charge on any atom is 0.240 e. The van der Waals surface area contributed by atoms with E-state index >= 15 is 0 Å². The van der Waals surface area contributed by atoms with Crippen LogP contribution < -0.4 is 5.32 Å². The van der Waals surface area contributed by atoms with Crippen LogP contribution in [-0.2, 0) is 9.59 Å². The van der Waals surface area contributed by atoms with E-state index in [1.807, 2.05) is 53.7 Å². The van der Waals surface area contributed by atoms with Crippen molar-refractivity contribution < 1.29 is 14.4 Å². The summed E-state index contributed by atoms with van der Waals surface area (Å²) in [6.45, 7) is 11.9. The summed E-state index contributed by atoms with van der Waals surface area (Å²) in [6, 6.07) is 5.57. The summed E-state index contributed by atoms with van der Waals surface area (Å²) in [6.07, 6.45) is 0.265. The summed E-state index contributed by atoms with van der Waals surface area (Å²) in [7, 11) is 0. The molecule has 0 bridgehead atoms. The second-order valence-corrected chi connectivity index (χ2v) is 7.43. The minimum atomic E-state index is -0.335. The van der Waals surface area contributed by atoms with E-state index in [-0.39, 0.29) is 42.5 Å². The van der Waals surface area contributed by atoms with Crippen LogP contribution in [0.5, 0.6) is 0 Å². The normalized spacial score (nSPS) is 11.1. The molecule has 1 N–H and O–H groups in total. The number of likely N-dealkylation sites (N-methyl/N-ethyl adjacent to an activating group) is 1. The lowest BCUT2D eigenvalue weighted by Gasteiger charge is -2.25. The van der Waals surface area contributed by atoms with Crippen LogP contribution in [-0.4, -0.2) is 41.1 Å². The number of carbonyl (C=O) groups excluding carboxylic acids is 3. The number of nitrogens with one attached hydrogen (secondary N) is 1. The predicted octanol–water partition coefficient (Wildman–Crippen LogP) is 3.03. The molecule has 5 nitrogen and oxygen atoms in total. The summed E-state index contributed by atoms with van der Waals surface area (Å²) in [5.74, 6) is -0.418. The van der Waals surface area contributed by atoms with Crippen LogP contribution in [0.4, 0.5) is 0 Å². The Balaban J connectivity index is 2.59. The van der Waals surface area contributed by atoms with Crippen molar-refractivity contribution in [1.82, 2.24) is 10.2 Å². The molecule has 0 radical (unpaired) electrons. The minimum Gasteiger partial charge on any atom is -0.350 e. The van der Waals surface area contributed by atoms with Gasteiger partial charge in [-0.15, -0.1) is 0 Å². The second-order valence-electron chi connectivity index (χ2n) is 7.43. The van der Waals surface area contributed by atoms with Crippen molar-refractivity contribution in [2.75, 3.05) is 13.1 Å². The van der Waals surface area contributed by atoms with Gasteiger partial charge in [0.15, 0.2) is 5.78 Å². The molecule has 0 aliphatic heterocycles. The third-order valence-electron chi connectivity index (χ3n) is 3.98. The predicted molar refractivity (Wildman–Crippen MR) is 99.6 cm³/mol. The zero-order chi connectivity index (χ0) is 19.2. The van der Waals surface area contributed by atoms with Crippen LogP contribution in [0.3, 0.4) is 0 Å². The van der Waals surface area contributed by atoms with Crippen molar-refractivity contribution in [3.63, 3.8) is 0 Å². The van der Waals surface area contributed by atoms with Gasteiger partial charge in [-0.2, -0.15) is 0 Å². The fourth-order valence-corrected chi connectivity index (χ4v) is 2.45. The molecule has 0 aliphatic carbocycles. The van der Waals surface area contributed by atoms with E-state index in [4.69, 9.17) is 0 Å². The number of rotatable bonds is 7. The summed E-state index contributed by atoms with van der Waals surface area (Å²) in [5, 5.41) is 2.84. The third kappa shape index (κ3) is 7.08. The third-order valence-corrected chi connectivity index (χ3v) is 3.98. The average Bonchev–Trinajstić information content (AvgIpc) is 2.50. The Bertz CT molecular complexity index is 645. The Hall–Kier alpha value is -2.17. The summed E-state index contributed by atoms with van der Waals surface area (Å²) < 4.78 is 0. The Morgan fingerprint density at radius 2 is 1.68 bits per heavy atom. The van der Waals surface area contributed by atoms with Gasteiger partial charge in [-0.3, -0.25) is 14.4 Å². The smallest absolute Gasteiger partial charge is 0.240 e. The Morgan fingerprint density at radius 1 is 1.04 bits per heavy atom. The highest BCUT2D eigenvalue weighted by molar-refractivity contribution is 5.98. The van der Waals surface area contributed by atoms with Crippen LogP contribution in [0.15, 0.2) is 18.2 Å².